The van der Waals surface area contributed by atoms with Crippen LogP contribution < -0.4 is 10.9 Å². The highest BCUT2D eigenvalue weighted by Crippen LogP contribution is 2.12. The molecule has 0 aliphatic heterocycles. The molecule has 0 unspecified atom stereocenters. The number of carbonyl (C=O) groups is 1. The van der Waals surface area contributed by atoms with Gasteiger partial charge in [-0.05, 0) is 34.1 Å². The van der Waals surface area contributed by atoms with Gasteiger partial charge in [-0.25, -0.2) is 4.39 Å². The third-order valence-electron chi connectivity index (χ3n) is 2.23. The number of pyridine rings is 1. The van der Waals surface area contributed by atoms with E-state index in [9.17, 15) is 14.0 Å². The highest BCUT2D eigenvalue weighted by Gasteiger charge is 2.12. The molecule has 92 valence electrons. The quantitative estimate of drug-likeness (QED) is 0.895. The Balaban J connectivity index is 2.30. The fourth-order valence-electron chi connectivity index (χ4n) is 1.39. The van der Waals surface area contributed by atoms with E-state index in [1.807, 2.05) is 0 Å². The van der Waals surface area contributed by atoms with Crippen LogP contribution in [0.5, 0.6) is 0 Å². The van der Waals surface area contributed by atoms with Crippen molar-refractivity contribution in [2.45, 2.75) is 0 Å². The van der Waals surface area contributed by atoms with Crippen LogP contribution in [-0.4, -0.2) is 10.9 Å². The van der Waals surface area contributed by atoms with E-state index < -0.39 is 17.3 Å². The Labute approximate surface area is 110 Å². The van der Waals surface area contributed by atoms with Crippen LogP contribution in [0.2, 0.25) is 0 Å². The molecule has 0 aliphatic rings. The fourth-order valence-corrected chi connectivity index (χ4v) is 1.73. The van der Waals surface area contributed by atoms with Gasteiger partial charge in [0.15, 0.2) is 0 Å². The average molecular weight is 311 g/mol. The van der Waals surface area contributed by atoms with E-state index in [-0.39, 0.29) is 11.3 Å². The first-order chi connectivity index (χ1) is 8.58. The molecule has 0 atom stereocenters. The Bertz CT molecular complexity index is 655. The zero-order valence-electron chi connectivity index (χ0n) is 9.04. The predicted molar refractivity (Wildman–Crippen MR) is 69.1 cm³/mol. The summed E-state index contributed by atoms with van der Waals surface area (Å²) in [4.78, 5) is 25.6. The molecular weight excluding hydrogens is 303 g/mol. The van der Waals surface area contributed by atoms with E-state index in [0.717, 1.165) is 0 Å². The summed E-state index contributed by atoms with van der Waals surface area (Å²) in [6.07, 6.45) is 1.45. The average Bonchev–Trinajstić information content (AvgIpc) is 2.34. The second-order valence-electron chi connectivity index (χ2n) is 3.49. The van der Waals surface area contributed by atoms with Crippen molar-refractivity contribution in [3.8, 4) is 0 Å². The van der Waals surface area contributed by atoms with E-state index in [2.05, 4.69) is 26.2 Å². The summed E-state index contributed by atoms with van der Waals surface area (Å²) in [5.74, 6) is -1.31. The number of hydrogen-bond acceptors (Lipinski definition) is 2. The smallest absolute Gasteiger partial charge is 0.271 e. The maximum absolute atomic E-state index is 13.4. The number of amides is 1. The van der Waals surface area contributed by atoms with Gasteiger partial charge in [-0.15, -0.1) is 0 Å². The molecule has 6 heteroatoms. The molecule has 0 saturated heterocycles. The van der Waals surface area contributed by atoms with Crippen LogP contribution in [0.3, 0.4) is 0 Å². The molecule has 1 amide bonds. The van der Waals surface area contributed by atoms with Gasteiger partial charge in [0, 0.05) is 10.7 Å². The number of hydrogen-bond donors (Lipinski definition) is 2. The first-order valence-corrected chi connectivity index (χ1v) is 5.81. The molecule has 18 heavy (non-hydrogen) atoms. The lowest BCUT2D eigenvalue weighted by Crippen LogP contribution is -2.20. The van der Waals surface area contributed by atoms with Gasteiger partial charge < -0.3 is 10.3 Å². The van der Waals surface area contributed by atoms with Crippen molar-refractivity contribution < 1.29 is 9.18 Å². The minimum absolute atomic E-state index is 0.0534. The Morgan fingerprint density at radius 1 is 1.33 bits per heavy atom. The summed E-state index contributed by atoms with van der Waals surface area (Å²) < 4.78 is 14.0. The molecule has 0 saturated carbocycles. The van der Waals surface area contributed by atoms with Crippen LogP contribution in [0.15, 0.2) is 45.8 Å². The molecule has 2 aromatic rings. The van der Waals surface area contributed by atoms with Gasteiger partial charge in [0.25, 0.3) is 11.5 Å². The fraction of sp³-hybridized carbons (Fsp3) is 0. The standard InChI is InChI=1S/C12H8BrFN2O2/c13-7-5-10(12(18)15-6-7)16-11(17)8-3-1-2-4-9(8)14/h1-6H,(H,15,18)(H,16,17). The maximum atomic E-state index is 13.4. The lowest BCUT2D eigenvalue weighted by molar-refractivity contribution is 0.102. The number of H-pyrrole nitrogens is 1. The Kier molecular flexibility index (Phi) is 3.57. The number of halogens is 2. The number of carbonyl (C=O) groups excluding carboxylic acids is 1. The highest BCUT2D eigenvalue weighted by molar-refractivity contribution is 9.10. The second kappa shape index (κ2) is 5.14. The van der Waals surface area contributed by atoms with Gasteiger partial charge in [0.2, 0.25) is 0 Å². The molecule has 0 spiro atoms. The van der Waals surface area contributed by atoms with Crippen molar-refractivity contribution in [2.24, 2.45) is 0 Å². The summed E-state index contributed by atoms with van der Waals surface area (Å²) >= 11 is 3.16. The van der Waals surface area contributed by atoms with Crippen LogP contribution in [-0.2, 0) is 0 Å². The van der Waals surface area contributed by atoms with Gasteiger partial charge in [0.05, 0.1) is 5.56 Å². The summed E-state index contributed by atoms with van der Waals surface area (Å²) in [6.45, 7) is 0. The van der Waals surface area contributed by atoms with Crippen LogP contribution in [0.1, 0.15) is 10.4 Å². The third kappa shape index (κ3) is 2.65. The lowest BCUT2D eigenvalue weighted by Gasteiger charge is -2.05. The normalized spacial score (nSPS) is 10.1. The van der Waals surface area contributed by atoms with Crippen molar-refractivity contribution in [3.63, 3.8) is 0 Å². The largest absolute Gasteiger partial charge is 0.326 e. The van der Waals surface area contributed by atoms with Crippen molar-refractivity contribution in [2.75, 3.05) is 5.32 Å². The minimum atomic E-state index is -0.670. The molecule has 0 aliphatic carbocycles. The molecule has 1 aromatic carbocycles. The van der Waals surface area contributed by atoms with Gasteiger partial charge in [-0.1, -0.05) is 12.1 Å². The van der Waals surface area contributed by atoms with Gasteiger partial charge in [0.1, 0.15) is 11.5 Å². The van der Waals surface area contributed by atoms with E-state index in [0.29, 0.717) is 4.47 Å². The number of aromatic amines is 1. The SMILES string of the molecule is O=C(Nc1cc(Br)c[nH]c1=O)c1ccccc1F. The topological polar surface area (TPSA) is 62.0 Å². The summed E-state index contributed by atoms with van der Waals surface area (Å²) in [5.41, 5.74) is -0.516. The van der Waals surface area contributed by atoms with E-state index in [1.54, 1.807) is 6.07 Å². The second-order valence-corrected chi connectivity index (χ2v) is 4.41. The van der Waals surface area contributed by atoms with Crippen molar-refractivity contribution in [1.29, 1.82) is 0 Å². The van der Waals surface area contributed by atoms with Crippen LogP contribution in [0.4, 0.5) is 10.1 Å². The van der Waals surface area contributed by atoms with Crippen molar-refractivity contribution in [1.82, 2.24) is 4.98 Å². The Morgan fingerprint density at radius 2 is 2.06 bits per heavy atom. The van der Waals surface area contributed by atoms with Gasteiger partial charge in [-0.2, -0.15) is 0 Å². The van der Waals surface area contributed by atoms with E-state index in [1.165, 1.54) is 30.5 Å². The minimum Gasteiger partial charge on any atom is -0.326 e. The number of nitrogens with one attached hydrogen (secondary N) is 2. The first kappa shape index (κ1) is 12.5. The maximum Gasteiger partial charge on any atom is 0.271 e. The molecule has 4 nitrogen and oxygen atoms in total. The van der Waals surface area contributed by atoms with Crippen molar-refractivity contribution >= 4 is 27.5 Å². The molecule has 2 rings (SSSR count). The Hall–Kier alpha value is -1.95. The molecule has 0 bridgehead atoms. The molecule has 2 N–H and O–H groups in total. The summed E-state index contributed by atoms with van der Waals surface area (Å²) in [6, 6.07) is 7.00. The molecule has 1 aromatic heterocycles. The molecule has 0 radical (unpaired) electrons. The monoisotopic (exact) mass is 310 g/mol. The lowest BCUT2D eigenvalue weighted by atomic mass is 10.2. The van der Waals surface area contributed by atoms with Crippen LogP contribution in [0.25, 0.3) is 0 Å². The summed E-state index contributed by atoms with van der Waals surface area (Å²) in [7, 11) is 0. The number of anilines is 1. The molecular formula is C12H8BrFN2O2. The number of rotatable bonds is 2. The van der Waals surface area contributed by atoms with E-state index >= 15 is 0 Å². The van der Waals surface area contributed by atoms with Gasteiger partial charge >= 0.3 is 0 Å². The first-order valence-electron chi connectivity index (χ1n) is 5.02. The third-order valence-corrected chi connectivity index (χ3v) is 2.69. The highest BCUT2D eigenvalue weighted by atomic mass is 79.9. The van der Waals surface area contributed by atoms with Crippen LogP contribution >= 0.6 is 15.9 Å². The van der Waals surface area contributed by atoms with E-state index in [4.69, 9.17) is 0 Å². The zero-order chi connectivity index (χ0) is 13.1. The van der Waals surface area contributed by atoms with Crippen molar-refractivity contribution in [3.05, 3.63) is 62.7 Å². The Morgan fingerprint density at radius 3 is 2.78 bits per heavy atom. The predicted octanol–water partition coefficient (Wildman–Crippen LogP) is 2.53. The molecule has 1 heterocycles. The van der Waals surface area contributed by atoms with Crippen LogP contribution in [0, 0.1) is 5.82 Å². The number of aromatic nitrogens is 1. The molecule has 0 fully saturated rings. The van der Waals surface area contributed by atoms with Gasteiger partial charge in [-0.3, -0.25) is 9.59 Å². The zero-order valence-corrected chi connectivity index (χ0v) is 10.6. The summed E-state index contributed by atoms with van der Waals surface area (Å²) in [5, 5.41) is 2.36. The number of benzene rings is 1.